The van der Waals surface area contributed by atoms with Crippen LogP contribution >= 0.6 is 11.8 Å². The van der Waals surface area contributed by atoms with Gasteiger partial charge in [-0.2, -0.15) is 11.8 Å². The maximum Gasteiger partial charge on any atom is 0.251 e. The van der Waals surface area contributed by atoms with Crippen molar-refractivity contribution in [1.82, 2.24) is 10.2 Å². The smallest absolute Gasteiger partial charge is 0.251 e. The molecule has 1 aliphatic carbocycles. The van der Waals surface area contributed by atoms with Gasteiger partial charge in [-0.1, -0.05) is 25.0 Å². The first kappa shape index (κ1) is 16.8. The number of hydrogen-bond donors (Lipinski definition) is 2. The molecule has 2 aliphatic rings. The highest BCUT2D eigenvalue weighted by Crippen LogP contribution is 2.36. The molecule has 0 unspecified atom stereocenters. The average molecular weight is 334 g/mol. The number of nitrogens with one attached hydrogen (secondary N) is 1. The zero-order valence-electron chi connectivity index (χ0n) is 13.7. The number of carbonyl (C=O) groups is 1. The first-order valence-electron chi connectivity index (χ1n) is 8.63. The van der Waals surface area contributed by atoms with E-state index in [0.29, 0.717) is 6.54 Å². The Morgan fingerprint density at radius 1 is 1.17 bits per heavy atom. The second kappa shape index (κ2) is 7.69. The molecule has 0 radical (unpaired) electrons. The maximum atomic E-state index is 12.5. The van der Waals surface area contributed by atoms with Crippen LogP contribution in [0.1, 0.15) is 41.6 Å². The van der Waals surface area contributed by atoms with Gasteiger partial charge in [-0.3, -0.25) is 9.69 Å². The first-order valence-corrected chi connectivity index (χ1v) is 9.79. The highest BCUT2D eigenvalue weighted by Gasteiger charge is 2.40. The Morgan fingerprint density at radius 2 is 1.83 bits per heavy atom. The number of carbonyl (C=O) groups excluding carboxylic acids is 1. The van der Waals surface area contributed by atoms with Crippen LogP contribution < -0.4 is 11.1 Å². The molecule has 0 bridgehead atoms. The maximum absolute atomic E-state index is 12.5. The van der Waals surface area contributed by atoms with Crippen molar-refractivity contribution in [1.29, 1.82) is 0 Å². The van der Waals surface area contributed by atoms with Gasteiger partial charge in [-0.15, -0.1) is 0 Å². The number of nitrogens with two attached hydrogens (primary N) is 1. The van der Waals surface area contributed by atoms with Crippen LogP contribution in [0.2, 0.25) is 0 Å². The molecule has 3 rings (SSSR count). The number of amides is 1. The van der Waals surface area contributed by atoms with E-state index in [1.165, 1.54) is 37.2 Å². The minimum Gasteiger partial charge on any atom is -0.350 e. The number of nitrogens with zero attached hydrogens (tertiary/aromatic N) is 1. The summed E-state index contributed by atoms with van der Waals surface area (Å²) in [6.45, 7) is 3.60. The lowest BCUT2D eigenvalue weighted by Crippen LogP contribution is -2.56. The number of thioether (sulfide) groups is 1. The summed E-state index contributed by atoms with van der Waals surface area (Å²) in [7, 11) is 0. The molecular formula is C18H27N3OS. The minimum atomic E-state index is 0.0335. The third-order valence-electron chi connectivity index (χ3n) is 5.25. The zero-order chi connectivity index (χ0) is 16.1. The Morgan fingerprint density at radius 3 is 2.43 bits per heavy atom. The fourth-order valence-electron chi connectivity index (χ4n) is 3.81. The van der Waals surface area contributed by atoms with Crippen LogP contribution in [0.25, 0.3) is 0 Å². The van der Waals surface area contributed by atoms with Gasteiger partial charge in [-0.25, -0.2) is 0 Å². The Labute approximate surface area is 143 Å². The molecule has 23 heavy (non-hydrogen) atoms. The molecule has 3 N–H and O–H groups in total. The molecule has 126 valence electrons. The van der Waals surface area contributed by atoms with E-state index in [1.54, 1.807) is 0 Å². The van der Waals surface area contributed by atoms with Gasteiger partial charge in [0.25, 0.3) is 5.91 Å². The lowest BCUT2D eigenvalue weighted by atomic mass is 9.94. The van der Waals surface area contributed by atoms with Gasteiger partial charge in [0.1, 0.15) is 0 Å². The van der Waals surface area contributed by atoms with Gasteiger partial charge < -0.3 is 11.1 Å². The van der Waals surface area contributed by atoms with Crippen molar-refractivity contribution in [3.05, 3.63) is 35.4 Å². The Bertz CT molecular complexity index is 520. The van der Waals surface area contributed by atoms with E-state index in [1.807, 2.05) is 36.0 Å². The van der Waals surface area contributed by atoms with Gasteiger partial charge in [0.05, 0.1) is 0 Å². The third kappa shape index (κ3) is 3.90. The number of hydrogen-bond acceptors (Lipinski definition) is 4. The summed E-state index contributed by atoms with van der Waals surface area (Å²) >= 11 is 2.04. The van der Waals surface area contributed by atoms with Gasteiger partial charge in [0.15, 0.2) is 0 Å². The van der Waals surface area contributed by atoms with E-state index >= 15 is 0 Å². The Balaban J connectivity index is 1.62. The number of benzene rings is 1. The highest BCUT2D eigenvalue weighted by molar-refractivity contribution is 7.99. The van der Waals surface area contributed by atoms with Crippen molar-refractivity contribution < 1.29 is 4.79 Å². The molecule has 0 atom stereocenters. The normalized spacial score (nSPS) is 21.3. The van der Waals surface area contributed by atoms with E-state index in [9.17, 15) is 4.79 Å². The van der Waals surface area contributed by atoms with Gasteiger partial charge >= 0.3 is 0 Å². The monoisotopic (exact) mass is 333 g/mol. The Hall–Kier alpha value is -1.04. The molecule has 1 aromatic rings. The van der Waals surface area contributed by atoms with E-state index < -0.39 is 0 Å². The molecule has 5 heteroatoms. The van der Waals surface area contributed by atoms with Crippen LogP contribution in [-0.4, -0.2) is 47.5 Å². The van der Waals surface area contributed by atoms with E-state index in [4.69, 9.17) is 5.73 Å². The molecule has 0 spiro atoms. The summed E-state index contributed by atoms with van der Waals surface area (Å²) in [4.78, 5) is 15.1. The zero-order valence-corrected chi connectivity index (χ0v) is 14.5. The van der Waals surface area contributed by atoms with E-state index in [0.717, 1.165) is 30.8 Å². The van der Waals surface area contributed by atoms with Crippen LogP contribution in [0.5, 0.6) is 0 Å². The minimum absolute atomic E-state index is 0.0335. The average Bonchev–Trinajstić information content (AvgIpc) is 3.11. The van der Waals surface area contributed by atoms with E-state index in [2.05, 4.69) is 10.2 Å². The molecule has 4 nitrogen and oxygen atoms in total. The topological polar surface area (TPSA) is 58.4 Å². The standard InChI is InChI=1S/C18H27N3OS/c19-13-15-3-5-16(6-4-15)17(22)20-14-18(7-1-2-8-18)21-9-11-23-12-10-21/h3-6H,1-2,7-14,19H2,(H,20,22). The van der Waals surface area contributed by atoms with Crippen molar-refractivity contribution >= 4 is 17.7 Å². The molecule has 2 fully saturated rings. The second-order valence-electron chi connectivity index (χ2n) is 6.61. The largest absolute Gasteiger partial charge is 0.350 e. The first-order chi connectivity index (χ1) is 11.2. The van der Waals surface area contributed by atoms with Crippen LogP contribution in [0.3, 0.4) is 0 Å². The summed E-state index contributed by atoms with van der Waals surface area (Å²) in [5.74, 6) is 2.47. The van der Waals surface area contributed by atoms with Crippen molar-refractivity contribution in [2.24, 2.45) is 5.73 Å². The lowest BCUT2D eigenvalue weighted by molar-refractivity contribution is 0.0817. The molecule has 0 aromatic heterocycles. The van der Waals surface area contributed by atoms with Crippen LogP contribution in [0.4, 0.5) is 0 Å². The molecule has 1 aliphatic heterocycles. The molecule has 1 heterocycles. The summed E-state index contributed by atoms with van der Waals surface area (Å²) in [5.41, 5.74) is 7.58. The summed E-state index contributed by atoms with van der Waals surface area (Å²) in [6.07, 6.45) is 4.99. The fourth-order valence-corrected chi connectivity index (χ4v) is 4.72. The Kier molecular flexibility index (Phi) is 5.62. The number of rotatable bonds is 5. The van der Waals surface area contributed by atoms with Crippen molar-refractivity contribution in [2.75, 3.05) is 31.1 Å². The molecule has 1 saturated carbocycles. The van der Waals surface area contributed by atoms with Crippen LogP contribution in [-0.2, 0) is 6.54 Å². The highest BCUT2D eigenvalue weighted by atomic mass is 32.2. The van der Waals surface area contributed by atoms with Gasteiger partial charge in [0, 0.05) is 48.8 Å². The third-order valence-corrected chi connectivity index (χ3v) is 6.19. The van der Waals surface area contributed by atoms with Crippen molar-refractivity contribution in [3.8, 4) is 0 Å². The van der Waals surface area contributed by atoms with Gasteiger partial charge in [0.2, 0.25) is 0 Å². The lowest BCUT2D eigenvalue weighted by Gasteiger charge is -2.43. The van der Waals surface area contributed by atoms with Crippen molar-refractivity contribution in [2.45, 2.75) is 37.8 Å². The predicted octanol–water partition coefficient (Wildman–Crippen LogP) is 2.24. The summed E-state index contributed by atoms with van der Waals surface area (Å²) in [6, 6.07) is 7.61. The molecule has 1 amide bonds. The van der Waals surface area contributed by atoms with Crippen LogP contribution in [0.15, 0.2) is 24.3 Å². The van der Waals surface area contributed by atoms with Crippen molar-refractivity contribution in [3.63, 3.8) is 0 Å². The molecular weight excluding hydrogens is 306 g/mol. The summed E-state index contributed by atoms with van der Waals surface area (Å²) < 4.78 is 0. The molecule has 1 aromatic carbocycles. The predicted molar refractivity (Wildman–Crippen MR) is 96.8 cm³/mol. The second-order valence-corrected chi connectivity index (χ2v) is 7.84. The van der Waals surface area contributed by atoms with Crippen LogP contribution in [0, 0.1) is 0 Å². The quantitative estimate of drug-likeness (QED) is 0.868. The SMILES string of the molecule is NCc1ccc(C(=O)NCC2(N3CCSCC3)CCCC2)cc1. The molecule has 1 saturated heterocycles. The summed E-state index contributed by atoms with van der Waals surface area (Å²) in [5, 5.41) is 3.20. The van der Waals surface area contributed by atoms with E-state index in [-0.39, 0.29) is 11.4 Å². The fraction of sp³-hybridized carbons (Fsp3) is 0.611. The van der Waals surface area contributed by atoms with Gasteiger partial charge in [-0.05, 0) is 30.5 Å².